The van der Waals surface area contributed by atoms with Crippen molar-refractivity contribution in [3.8, 4) is 0 Å². The van der Waals surface area contributed by atoms with E-state index in [0.717, 1.165) is 6.42 Å². The zero-order valence-electron chi connectivity index (χ0n) is 13.2. The maximum Gasteiger partial charge on any atom is 4.00 e. The van der Waals surface area contributed by atoms with Crippen LogP contribution in [0.5, 0.6) is 0 Å². The summed E-state index contributed by atoms with van der Waals surface area (Å²) in [4.78, 5) is 0. The Bertz CT molecular complexity index is 747. The van der Waals surface area contributed by atoms with Crippen LogP contribution in [0.4, 0.5) is 0 Å². The van der Waals surface area contributed by atoms with Crippen molar-refractivity contribution in [1.29, 1.82) is 0 Å². The van der Waals surface area contributed by atoms with Gasteiger partial charge in [0.15, 0.2) is 0 Å². The normalized spacial score (nSPS) is 10.8. The summed E-state index contributed by atoms with van der Waals surface area (Å²) in [7, 11) is 0. The molecule has 0 saturated carbocycles. The van der Waals surface area contributed by atoms with Crippen LogP contribution < -0.4 is 24.8 Å². The molecule has 0 N–H and O–H groups in total. The summed E-state index contributed by atoms with van der Waals surface area (Å²) < 4.78 is 0. The van der Waals surface area contributed by atoms with Crippen molar-refractivity contribution < 1.29 is 51.0 Å². The van der Waals surface area contributed by atoms with Gasteiger partial charge in [-0.3, -0.25) is 6.08 Å². The first-order chi connectivity index (χ1) is 9.74. The first kappa shape index (κ1) is 25.5. The van der Waals surface area contributed by atoms with Crippen molar-refractivity contribution in [2.45, 2.75) is 27.7 Å². The summed E-state index contributed by atoms with van der Waals surface area (Å²) in [6.45, 7) is 4.28. The van der Waals surface area contributed by atoms with E-state index in [0.29, 0.717) is 0 Å². The topological polar surface area (TPSA) is 0 Å². The molecule has 0 atom stereocenters. The zero-order chi connectivity index (χ0) is 13.9. The average Bonchev–Trinajstić information content (AvgIpc) is 3.08. The molecule has 0 fully saturated rings. The molecule has 0 amide bonds. The minimum Gasteiger partial charge on any atom is -1.00 e. The fourth-order valence-electron chi connectivity index (χ4n) is 2.60. The molecular formula is C21H22Cl2Zr. The minimum atomic E-state index is 0. The van der Waals surface area contributed by atoms with Gasteiger partial charge in [-0.05, 0) is 13.8 Å². The quantitative estimate of drug-likeness (QED) is 0.444. The molecule has 3 heteroatoms. The fourth-order valence-corrected chi connectivity index (χ4v) is 2.60. The van der Waals surface area contributed by atoms with Crippen molar-refractivity contribution in [2.24, 2.45) is 0 Å². The molecule has 0 aromatic heterocycles. The maximum absolute atomic E-state index is 2.99. The second-order valence-electron chi connectivity index (χ2n) is 5.33. The Morgan fingerprint density at radius 1 is 0.875 bits per heavy atom. The Labute approximate surface area is 177 Å². The molecule has 0 spiro atoms. The first-order valence-corrected chi connectivity index (χ1v) is 7.02. The van der Waals surface area contributed by atoms with E-state index in [4.69, 9.17) is 0 Å². The molecule has 0 aliphatic heterocycles. The van der Waals surface area contributed by atoms with E-state index in [1.54, 1.807) is 0 Å². The van der Waals surface area contributed by atoms with E-state index in [2.05, 4.69) is 68.5 Å². The van der Waals surface area contributed by atoms with E-state index in [1.165, 1.54) is 32.7 Å². The van der Waals surface area contributed by atoms with Crippen LogP contribution in [0, 0.1) is 19.9 Å². The van der Waals surface area contributed by atoms with Gasteiger partial charge in [0.25, 0.3) is 0 Å². The summed E-state index contributed by atoms with van der Waals surface area (Å²) in [5, 5.41) is 5.46. The predicted molar refractivity (Wildman–Crippen MR) is 94.8 cm³/mol. The summed E-state index contributed by atoms with van der Waals surface area (Å²) in [5.41, 5.74) is 2.66. The Morgan fingerprint density at radius 2 is 1.38 bits per heavy atom. The third-order valence-electron chi connectivity index (χ3n) is 3.60. The maximum atomic E-state index is 2.99. The fraction of sp³-hybridized carbons (Fsp3) is 0.190. The first-order valence-electron chi connectivity index (χ1n) is 7.02. The standard InChI is InChI=1S/C15H13.C5H5.CH4.2ClH.Zr/c1-10-3-5-14-12(7-10)9-13-8-11(2)4-6-15(13)14;1-2-4-5-3-1;;;;/h3-9H,1-2H3;1-3H,4H2;1H4;2*1H;/q2*-1;;;;+4/p-2. The molecule has 0 nitrogen and oxygen atoms in total. The summed E-state index contributed by atoms with van der Waals surface area (Å²) in [5.74, 6) is 0. The molecule has 24 heavy (non-hydrogen) atoms. The van der Waals surface area contributed by atoms with E-state index >= 15 is 0 Å². The van der Waals surface area contributed by atoms with Gasteiger partial charge in [-0.25, -0.2) is 12.2 Å². The number of halogens is 2. The van der Waals surface area contributed by atoms with Crippen LogP contribution in [0.1, 0.15) is 25.0 Å². The van der Waals surface area contributed by atoms with Gasteiger partial charge >= 0.3 is 26.2 Å². The summed E-state index contributed by atoms with van der Waals surface area (Å²) in [6, 6.07) is 15.6. The second kappa shape index (κ2) is 11.7. The molecule has 0 radical (unpaired) electrons. The van der Waals surface area contributed by atoms with Crippen LogP contribution in [0.3, 0.4) is 0 Å². The third kappa shape index (κ3) is 5.96. The van der Waals surface area contributed by atoms with Crippen molar-refractivity contribution in [2.75, 3.05) is 0 Å². The number of allylic oxidation sites excluding steroid dienone is 4. The van der Waals surface area contributed by atoms with E-state index in [9.17, 15) is 0 Å². The van der Waals surface area contributed by atoms with Crippen molar-refractivity contribution >= 4 is 21.5 Å². The molecule has 3 aromatic rings. The molecule has 1 aliphatic carbocycles. The van der Waals surface area contributed by atoms with Gasteiger partial charge in [0.2, 0.25) is 0 Å². The zero-order valence-corrected chi connectivity index (χ0v) is 17.2. The van der Waals surface area contributed by atoms with Crippen molar-refractivity contribution in [1.82, 2.24) is 0 Å². The smallest absolute Gasteiger partial charge is 1.00 e. The molecule has 0 saturated heterocycles. The SMILES string of the molecule is C.Cc1ccc2c(c1)[cH-]c1cc(C)ccc12.[C-]1=CC=CC1.[Cl-].[Cl-].[Zr+4]. The van der Waals surface area contributed by atoms with Crippen LogP contribution in [0.15, 0.2) is 60.7 Å². The molecule has 4 rings (SSSR count). The largest absolute Gasteiger partial charge is 4.00 e. The van der Waals surface area contributed by atoms with Gasteiger partial charge in [-0.1, -0.05) is 42.8 Å². The van der Waals surface area contributed by atoms with E-state index in [1.807, 2.05) is 12.2 Å². The van der Waals surface area contributed by atoms with Crippen LogP contribution in [0.2, 0.25) is 0 Å². The molecule has 0 unspecified atom stereocenters. The van der Waals surface area contributed by atoms with Crippen LogP contribution >= 0.6 is 0 Å². The Balaban J connectivity index is 0. The van der Waals surface area contributed by atoms with Gasteiger partial charge in [0.05, 0.1) is 0 Å². The summed E-state index contributed by atoms with van der Waals surface area (Å²) in [6.07, 6.45) is 10.0. The van der Waals surface area contributed by atoms with E-state index in [-0.39, 0.29) is 58.4 Å². The number of rotatable bonds is 0. The Hall–Kier alpha value is -0.747. The molecule has 3 aromatic carbocycles. The molecule has 0 heterocycles. The van der Waals surface area contributed by atoms with Crippen LogP contribution in [-0.4, -0.2) is 0 Å². The number of hydrogen-bond acceptors (Lipinski definition) is 0. The molecular weight excluding hydrogens is 414 g/mol. The average molecular weight is 437 g/mol. The Morgan fingerprint density at radius 3 is 1.71 bits per heavy atom. The van der Waals surface area contributed by atoms with E-state index < -0.39 is 0 Å². The van der Waals surface area contributed by atoms with Gasteiger partial charge in [0.1, 0.15) is 0 Å². The molecule has 1 aliphatic rings. The Kier molecular flexibility index (Phi) is 12.5. The van der Waals surface area contributed by atoms with Crippen molar-refractivity contribution in [3.63, 3.8) is 0 Å². The summed E-state index contributed by atoms with van der Waals surface area (Å²) >= 11 is 0. The molecule has 0 bridgehead atoms. The number of hydrogen-bond donors (Lipinski definition) is 0. The second-order valence-corrected chi connectivity index (χ2v) is 5.33. The van der Waals surface area contributed by atoms with Gasteiger partial charge in [-0.2, -0.15) is 6.08 Å². The number of benzene rings is 2. The number of aryl methyl sites for hydroxylation is 2. The van der Waals surface area contributed by atoms with Crippen LogP contribution in [0.25, 0.3) is 21.5 Å². The molecule has 124 valence electrons. The van der Waals surface area contributed by atoms with Crippen molar-refractivity contribution in [3.05, 3.63) is 77.9 Å². The van der Waals surface area contributed by atoms with Gasteiger partial charge in [-0.15, -0.1) is 46.2 Å². The minimum absolute atomic E-state index is 0. The predicted octanol–water partition coefficient (Wildman–Crippen LogP) is 0.276. The van der Waals surface area contributed by atoms with Gasteiger partial charge in [0, 0.05) is 0 Å². The third-order valence-corrected chi connectivity index (χ3v) is 3.60. The monoisotopic (exact) mass is 434 g/mol. The number of fused-ring (bicyclic) bond motifs is 3. The van der Waals surface area contributed by atoms with Crippen LogP contribution in [-0.2, 0) is 26.2 Å². The van der Waals surface area contributed by atoms with Gasteiger partial charge < -0.3 is 24.8 Å².